The van der Waals surface area contributed by atoms with Gasteiger partial charge in [0.05, 0.1) is 5.56 Å². The number of sulfonamides is 1. The van der Waals surface area contributed by atoms with Crippen LogP contribution < -0.4 is 20.1 Å². The second-order valence-corrected chi connectivity index (χ2v) is 9.80. The lowest BCUT2D eigenvalue weighted by molar-refractivity contribution is 0.101. The smallest absolute Gasteiger partial charge is 0.276 e. The third kappa shape index (κ3) is 3.12. The summed E-state index contributed by atoms with van der Waals surface area (Å²) in [4.78, 5) is 12.8. The third-order valence-corrected chi connectivity index (χ3v) is 7.66. The summed E-state index contributed by atoms with van der Waals surface area (Å²) >= 11 is 0. The van der Waals surface area contributed by atoms with Gasteiger partial charge in [-0.05, 0) is 24.6 Å². The van der Waals surface area contributed by atoms with Gasteiger partial charge in [-0.3, -0.25) is 4.79 Å². The molecule has 1 aromatic heterocycles. The molecule has 2 aliphatic heterocycles. The Kier molecular flexibility index (Phi) is 4.40. The number of fused-ring (bicyclic) bond motifs is 1. The Morgan fingerprint density at radius 2 is 2.16 bits per heavy atom. The van der Waals surface area contributed by atoms with Gasteiger partial charge in [0.15, 0.2) is 11.4 Å². The van der Waals surface area contributed by atoms with Gasteiger partial charge in [-0.1, -0.05) is 0 Å². The number of hydrogen-bond acceptors (Lipinski definition) is 5. The van der Waals surface area contributed by atoms with E-state index in [9.17, 15) is 26.4 Å². The molecule has 8 nitrogen and oxygen atoms in total. The zero-order valence-corrected chi connectivity index (χ0v) is 17.1. The third-order valence-electron chi connectivity index (χ3n) is 6.20. The van der Waals surface area contributed by atoms with E-state index in [0.29, 0.717) is 19.5 Å². The number of rotatable bonds is 3. The van der Waals surface area contributed by atoms with Crippen molar-refractivity contribution < 1.29 is 31.1 Å². The Labute approximate surface area is 175 Å². The van der Waals surface area contributed by atoms with Gasteiger partial charge >= 0.3 is 0 Å². The van der Waals surface area contributed by atoms with Crippen LogP contribution in [0.15, 0.2) is 29.3 Å². The molecule has 3 heterocycles. The number of amides is 1. The molecule has 0 radical (unpaired) electrons. The fraction of sp³-hybridized carbons (Fsp3) is 0.421. The summed E-state index contributed by atoms with van der Waals surface area (Å²) in [5, 5.41) is 5.60. The number of halogens is 3. The Hall–Kier alpha value is -2.57. The van der Waals surface area contributed by atoms with E-state index in [1.165, 1.54) is 17.8 Å². The zero-order chi connectivity index (χ0) is 22.1. The lowest BCUT2D eigenvalue weighted by Gasteiger charge is -2.23. The zero-order valence-electron chi connectivity index (χ0n) is 16.3. The normalized spacial score (nSPS) is 28.0. The lowest BCUT2D eigenvalue weighted by Crippen LogP contribution is -2.44. The van der Waals surface area contributed by atoms with Crippen molar-refractivity contribution in [2.24, 2.45) is 12.5 Å². The molecule has 2 aromatic rings. The lowest BCUT2D eigenvalue weighted by atomic mass is 10.0. The number of hydrogen-bond donors (Lipinski definition) is 3. The van der Waals surface area contributed by atoms with Crippen molar-refractivity contribution in [2.45, 2.75) is 29.9 Å². The fourth-order valence-electron chi connectivity index (χ4n) is 4.45. The molecule has 1 saturated carbocycles. The van der Waals surface area contributed by atoms with E-state index < -0.39 is 33.7 Å². The Bertz CT molecular complexity index is 1200. The second kappa shape index (κ2) is 6.71. The molecular formula is C19H19F3N4O4S. The summed E-state index contributed by atoms with van der Waals surface area (Å²) in [5.41, 5.74) is -1.33. The number of nitrogens with zero attached hydrogens (tertiary/aromatic N) is 1. The highest BCUT2D eigenvalue weighted by Crippen LogP contribution is 2.55. The molecule has 166 valence electrons. The summed E-state index contributed by atoms with van der Waals surface area (Å²) in [6.07, 6.45) is -1.40. The van der Waals surface area contributed by atoms with Crippen LogP contribution in [0.2, 0.25) is 0 Å². The molecule has 3 N–H and O–H groups in total. The highest BCUT2D eigenvalue weighted by molar-refractivity contribution is 7.89. The van der Waals surface area contributed by atoms with Crippen LogP contribution in [-0.4, -0.2) is 44.1 Å². The maximum atomic E-state index is 13.5. The average molecular weight is 456 g/mol. The Morgan fingerprint density at radius 3 is 2.90 bits per heavy atom. The first-order chi connectivity index (χ1) is 14.6. The van der Waals surface area contributed by atoms with Gasteiger partial charge < -0.3 is 19.9 Å². The monoisotopic (exact) mass is 456 g/mol. The van der Waals surface area contributed by atoms with E-state index >= 15 is 0 Å². The summed E-state index contributed by atoms with van der Waals surface area (Å²) in [5.74, 6) is -1.94. The number of nitrogens with one attached hydrogen (secondary N) is 3. The predicted octanol–water partition coefficient (Wildman–Crippen LogP) is 1.76. The van der Waals surface area contributed by atoms with Gasteiger partial charge in [0.2, 0.25) is 10.0 Å². The molecule has 3 aliphatic rings. The van der Waals surface area contributed by atoms with E-state index in [1.54, 1.807) is 0 Å². The van der Waals surface area contributed by atoms with Gasteiger partial charge in [-0.15, -0.1) is 0 Å². The molecule has 1 aromatic carbocycles. The van der Waals surface area contributed by atoms with Gasteiger partial charge in [-0.2, -0.15) is 0 Å². The van der Waals surface area contributed by atoms with Crippen molar-refractivity contribution in [3.8, 4) is 5.75 Å². The number of ether oxygens (including phenoxy) is 1. The summed E-state index contributed by atoms with van der Waals surface area (Å²) in [6.45, 7) is 1.09. The van der Waals surface area contributed by atoms with Gasteiger partial charge in [0.25, 0.3) is 12.3 Å². The van der Waals surface area contributed by atoms with Crippen LogP contribution in [0.5, 0.6) is 5.75 Å². The van der Waals surface area contributed by atoms with Crippen LogP contribution in [0.4, 0.5) is 18.9 Å². The van der Waals surface area contributed by atoms with Crippen LogP contribution in [-0.2, 0) is 17.1 Å². The van der Waals surface area contributed by atoms with Crippen LogP contribution in [0.25, 0.3) is 0 Å². The molecule has 31 heavy (non-hydrogen) atoms. The van der Waals surface area contributed by atoms with Crippen molar-refractivity contribution in [1.82, 2.24) is 14.6 Å². The van der Waals surface area contributed by atoms with E-state index in [1.807, 2.05) is 0 Å². The highest BCUT2D eigenvalue weighted by atomic mass is 32.2. The Morgan fingerprint density at radius 1 is 1.39 bits per heavy atom. The first kappa shape index (κ1) is 20.3. The molecule has 1 amide bonds. The van der Waals surface area contributed by atoms with Crippen LogP contribution in [0.3, 0.4) is 0 Å². The van der Waals surface area contributed by atoms with Crippen molar-refractivity contribution in [2.75, 3.05) is 18.4 Å². The van der Waals surface area contributed by atoms with E-state index in [2.05, 4.69) is 15.4 Å². The first-order valence-electron chi connectivity index (χ1n) is 9.60. The maximum Gasteiger partial charge on any atom is 0.276 e. The van der Waals surface area contributed by atoms with E-state index in [-0.39, 0.29) is 39.6 Å². The van der Waals surface area contributed by atoms with E-state index in [4.69, 9.17) is 4.74 Å². The van der Waals surface area contributed by atoms with Gasteiger partial charge in [0.1, 0.15) is 16.8 Å². The molecule has 1 saturated heterocycles. The molecule has 12 heteroatoms. The molecule has 0 bridgehead atoms. The topological polar surface area (TPSA) is 101 Å². The Balaban J connectivity index is 1.51. The summed E-state index contributed by atoms with van der Waals surface area (Å²) in [6, 6.07) is 2.52. The SMILES string of the molecule is Cn1cc2c(c1C(=O)Nc1ccc(F)c(C(F)F)c1)O[C@@H]1CC13CNC[C@@H]3NS2(=O)=O. The van der Waals surface area contributed by atoms with Gasteiger partial charge in [-0.25, -0.2) is 26.3 Å². The quantitative estimate of drug-likeness (QED) is 0.654. The number of alkyl halides is 2. The molecule has 1 unspecified atom stereocenters. The first-order valence-corrected chi connectivity index (χ1v) is 11.1. The molecule has 5 rings (SSSR count). The number of aromatic nitrogens is 1. The van der Waals surface area contributed by atoms with Crippen LogP contribution in [0.1, 0.15) is 28.9 Å². The molecule has 1 spiro atoms. The number of aryl methyl sites for hydroxylation is 1. The standard InChI is InChI=1S/C19H19F3N4O4S/c1-26-7-12-16(30-14-5-19(14)8-23-6-13(19)25-31(12,28)29)15(26)18(27)24-9-2-3-11(20)10(4-9)17(21)22/h2-4,7,13-14,17,23,25H,5-6,8H2,1H3,(H,24,27)/t13-,14+,19?/m0/s1. The number of benzene rings is 1. The minimum Gasteiger partial charge on any atom is -0.486 e. The fourth-order valence-corrected chi connectivity index (χ4v) is 5.95. The van der Waals surface area contributed by atoms with Crippen molar-refractivity contribution in [3.05, 3.63) is 41.5 Å². The molecular weight excluding hydrogens is 437 g/mol. The average Bonchev–Trinajstić information content (AvgIpc) is 3.04. The molecule has 3 atom stereocenters. The number of carbonyl (C=O) groups is 1. The van der Waals surface area contributed by atoms with Crippen molar-refractivity contribution in [1.29, 1.82) is 0 Å². The summed E-state index contributed by atoms with van der Waals surface area (Å²) in [7, 11) is -2.48. The van der Waals surface area contributed by atoms with Gasteiger partial charge in [0, 0.05) is 43.5 Å². The number of carbonyl (C=O) groups excluding carboxylic acids is 1. The van der Waals surface area contributed by atoms with E-state index in [0.717, 1.165) is 18.2 Å². The largest absolute Gasteiger partial charge is 0.486 e. The second-order valence-electron chi connectivity index (χ2n) is 8.12. The van der Waals surface area contributed by atoms with Crippen molar-refractivity contribution >= 4 is 21.6 Å². The minimum absolute atomic E-state index is 0.0496. The summed E-state index contributed by atoms with van der Waals surface area (Å²) < 4.78 is 75.5. The van der Waals surface area contributed by atoms with Crippen molar-refractivity contribution in [3.63, 3.8) is 0 Å². The highest BCUT2D eigenvalue weighted by Gasteiger charge is 2.65. The number of anilines is 1. The molecule has 1 aliphatic carbocycles. The van der Waals surface area contributed by atoms with Crippen LogP contribution >= 0.6 is 0 Å². The van der Waals surface area contributed by atoms with Crippen LogP contribution in [0, 0.1) is 11.2 Å². The molecule has 2 fully saturated rings. The predicted molar refractivity (Wildman–Crippen MR) is 103 cm³/mol. The minimum atomic E-state index is -3.96. The maximum absolute atomic E-state index is 13.5.